The Labute approximate surface area is 210 Å². The molecule has 0 spiro atoms. The van der Waals surface area contributed by atoms with Gasteiger partial charge in [-0.2, -0.15) is 0 Å². The number of hydrogen-bond acceptors (Lipinski definition) is 3. The van der Waals surface area contributed by atoms with E-state index < -0.39 is 0 Å². The molecule has 174 valence electrons. The van der Waals surface area contributed by atoms with E-state index in [1.807, 2.05) is 30.3 Å². The van der Waals surface area contributed by atoms with Crippen molar-refractivity contribution < 1.29 is 4.79 Å². The van der Waals surface area contributed by atoms with Crippen LogP contribution in [0.4, 0.5) is 5.69 Å². The van der Waals surface area contributed by atoms with Crippen LogP contribution in [0.3, 0.4) is 0 Å². The normalized spacial score (nSPS) is 26.4. The third kappa shape index (κ3) is 4.12. The molecule has 6 rings (SSSR count). The Morgan fingerprint density at radius 2 is 1.79 bits per heavy atom. The molecule has 0 radical (unpaired) electrons. The number of amides is 1. The van der Waals surface area contributed by atoms with Crippen LogP contribution in [0, 0.1) is 17.8 Å². The van der Waals surface area contributed by atoms with Gasteiger partial charge in [0.05, 0.1) is 6.04 Å². The van der Waals surface area contributed by atoms with Crippen molar-refractivity contribution >= 4 is 35.0 Å². The van der Waals surface area contributed by atoms with Crippen molar-refractivity contribution in [1.82, 2.24) is 5.32 Å². The van der Waals surface area contributed by atoms with Crippen molar-refractivity contribution in [1.29, 1.82) is 0 Å². The number of thioether (sulfide) groups is 1. The Kier molecular flexibility index (Phi) is 6.04. The number of fused-ring (bicyclic) bond motifs is 7. The van der Waals surface area contributed by atoms with E-state index in [0.29, 0.717) is 24.4 Å². The first-order valence-corrected chi connectivity index (χ1v) is 13.7. The van der Waals surface area contributed by atoms with E-state index in [1.54, 1.807) is 11.8 Å². The van der Waals surface area contributed by atoms with E-state index in [1.165, 1.54) is 36.1 Å². The van der Waals surface area contributed by atoms with Crippen molar-refractivity contribution in [2.45, 2.75) is 36.1 Å². The van der Waals surface area contributed by atoms with Crippen LogP contribution in [-0.4, -0.2) is 18.2 Å². The molecule has 2 aliphatic carbocycles. The molecule has 3 aromatic carbocycles. The van der Waals surface area contributed by atoms with Crippen molar-refractivity contribution in [3.05, 3.63) is 94.5 Å². The van der Waals surface area contributed by atoms with E-state index in [9.17, 15) is 4.79 Å². The van der Waals surface area contributed by atoms with E-state index in [2.05, 4.69) is 53.1 Å². The van der Waals surface area contributed by atoms with Crippen LogP contribution >= 0.6 is 23.4 Å². The number of benzene rings is 3. The highest BCUT2D eigenvalue weighted by Crippen LogP contribution is 2.63. The topological polar surface area (TPSA) is 41.1 Å². The van der Waals surface area contributed by atoms with Gasteiger partial charge >= 0.3 is 0 Å². The van der Waals surface area contributed by atoms with E-state index in [0.717, 1.165) is 33.1 Å². The zero-order chi connectivity index (χ0) is 23.1. The number of rotatable bonds is 6. The molecule has 3 aromatic rings. The predicted molar refractivity (Wildman–Crippen MR) is 141 cm³/mol. The lowest BCUT2D eigenvalue weighted by molar-refractivity contribution is 0.0956. The summed E-state index contributed by atoms with van der Waals surface area (Å²) in [5, 5.41) is 7.72. The second-order valence-electron chi connectivity index (χ2n) is 9.83. The molecule has 3 nitrogen and oxygen atoms in total. The lowest BCUT2D eigenvalue weighted by Crippen LogP contribution is -2.35. The number of carbonyl (C=O) groups is 1. The summed E-state index contributed by atoms with van der Waals surface area (Å²) in [6.45, 7) is 0.633. The molecule has 2 saturated carbocycles. The molecular formula is C29H29ClN2OS. The second kappa shape index (κ2) is 9.31. The molecule has 0 unspecified atom stereocenters. The smallest absolute Gasteiger partial charge is 0.251 e. The fourth-order valence-electron chi connectivity index (χ4n) is 6.58. The maximum atomic E-state index is 13.0. The van der Waals surface area contributed by atoms with Gasteiger partial charge in [-0.15, -0.1) is 11.8 Å². The van der Waals surface area contributed by atoms with Gasteiger partial charge in [0.2, 0.25) is 0 Å². The maximum Gasteiger partial charge on any atom is 0.251 e. The molecule has 2 fully saturated rings. The molecule has 2 N–H and O–H groups in total. The zero-order valence-electron chi connectivity index (χ0n) is 19.0. The zero-order valence-corrected chi connectivity index (χ0v) is 20.6. The van der Waals surface area contributed by atoms with Gasteiger partial charge in [-0.25, -0.2) is 0 Å². The van der Waals surface area contributed by atoms with Gasteiger partial charge in [0.25, 0.3) is 5.91 Å². The lowest BCUT2D eigenvalue weighted by atomic mass is 9.68. The van der Waals surface area contributed by atoms with Crippen molar-refractivity contribution in [2.24, 2.45) is 17.8 Å². The third-order valence-corrected chi connectivity index (χ3v) is 9.24. The highest BCUT2D eigenvalue weighted by atomic mass is 35.5. The molecular weight excluding hydrogens is 460 g/mol. The van der Waals surface area contributed by atoms with Crippen LogP contribution in [0.15, 0.2) is 77.7 Å². The van der Waals surface area contributed by atoms with Crippen LogP contribution in [0.1, 0.15) is 52.7 Å². The highest BCUT2D eigenvalue weighted by Gasteiger charge is 2.53. The summed E-state index contributed by atoms with van der Waals surface area (Å²) >= 11 is 7.68. The number of nitrogens with one attached hydrogen (secondary N) is 2. The van der Waals surface area contributed by atoms with Gasteiger partial charge in [-0.1, -0.05) is 41.9 Å². The Bertz CT molecular complexity index is 1180. The fourth-order valence-corrected chi connectivity index (χ4v) is 7.48. The molecule has 0 saturated heterocycles. The van der Waals surface area contributed by atoms with Gasteiger partial charge in [0, 0.05) is 33.5 Å². The summed E-state index contributed by atoms with van der Waals surface area (Å²) in [5.74, 6) is 3.53. The number of halogens is 1. The average Bonchev–Trinajstić information content (AvgIpc) is 3.50. The summed E-state index contributed by atoms with van der Waals surface area (Å²) in [6, 6.07) is 25.4. The third-order valence-electron chi connectivity index (χ3n) is 7.98. The maximum absolute atomic E-state index is 13.0. The molecule has 1 aliphatic heterocycles. The first-order valence-electron chi connectivity index (χ1n) is 12.3. The second-order valence-corrected chi connectivity index (χ2v) is 11.4. The highest BCUT2D eigenvalue weighted by molar-refractivity contribution is 7.99. The number of anilines is 1. The van der Waals surface area contributed by atoms with Crippen LogP contribution in [-0.2, 0) is 0 Å². The van der Waals surface area contributed by atoms with Gasteiger partial charge in [0.1, 0.15) is 0 Å². The van der Waals surface area contributed by atoms with E-state index in [-0.39, 0.29) is 5.91 Å². The molecule has 1 amide bonds. The molecule has 3 aliphatic rings. The van der Waals surface area contributed by atoms with Crippen LogP contribution in [0.25, 0.3) is 0 Å². The van der Waals surface area contributed by atoms with Gasteiger partial charge in [-0.05, 0) is 96.5 Å². The van der Waals surface area contributed by atoms with Gasteiger partial charge in [0.15, 0.2) is 0 Å². The molecule has 0 aromatic heterocycles. The Balaban J connectivity index is 1.17. The summed E-state index contributed by atoms with van der Waals surface area (Å²) in [4.78, 5) is 14.1. The molecule has 1 heterocycles. The Morgan fingerprint density at radius 3 is 2.62 bits per heavy atom. The molecule has 34 heavy (non-hydrogen) atoms. The van der Waals surface area contributed by atoms with Gasteiger partial charge < -0.3 is 10.6 Å². The summed E-state index contributed by atoms with van der Waals surface area (Å²) in [5.41, 5.74) is 4.72. The SMILES string of the molecule is O=C(NCCSc1ccc(Cl)cc1)c1ccc2c(c1)[C@@H]1[C@H]3CC[C@@H](C3)[C@@H]1[C@@H](c1ccccc1)N2. The minimum absolute atomic E-state index is 0.0180. The van der Waals surface area contributed by atoms with E-state index >= 15 is 0 Å². The Morgan fingerprint density at radius 1 is 1.00 bits per heavy atom. The summed E-state index contributed by atoms with van der Waals surface area (Å²) in [6.07, 6.45) is 4.00. The first-order chi connectivity index (χ1) is 16.7. The van der Waals surface area contributed by atoms with Crippen LogP contribution in [0.5, 0.6) is 0 Å². The van der Waals surface area contributed by atoms with E-state index in [4.69, 9.17) is 11.6 Å². The predicted octanol–water partition coefficient (Wildman–Crippen LogP) is 7.16. The van der Waals surface area contributed by atoms with Crippen LogP contribution in [0.2, 0.25) is 5.02 Å². The standard InChI is InChI=1S/C29H29ClN2OS/c30-22-9-11-23(12-10-22)34-15-14-31-29(33)21-8-13-25-24(17-21)26-19-6-7-20(16-19)27(26)28(32-25)18-4-2-1-3-5-18/h1-5,8-13,17,19-20,26-28,32H,6-7,14-16H2,(H,31,33)/t19-,20-,26-,27-,28+/m0/s1. The van der Waals surface area contributed by atoms with Gasteiger partial charge in [-0.3, -0.25) is 4.79 Å². The molecule has 5 atom stereocenters. The minimum Gasteiger partial charge on any atom is -0.378 e. The Hall–Kier alpha value is -2.43. The van der Waals surface area contributed by atoms with Crippen molar-refractivity contribution in [3.8, 4) is 0 Å². The number of carbonyl (C=O) groups excluding carboxylic acids is 1. The first kappa shape index (κ1) is 22.1. The molecule has 5 heteroatoms. The lowest BCUT2D eigenvalue weighted by Gasteiger charge is -2.43. The minimum atomic E-state index is 0.0180. The largest absolute Gasteiger partial charge is 0.378 e. The number of hydrogen-bond donors (Lipinski definition) is 2. The van der Waals surface area contributed by atoms with Crippen LogP contribution < -0.4 is 10.6 Å². The summed E-state index contributed by atoms with van der Waals surface area (Å²) in [7, 11) is 0. The quantitative estimate of drug-likeness (QED) is 0.285. The monoisotopic (exact) mass is 488 g/mol. The summed E-state index contributed by atoms with van der Waals surface area (Å²) < 4.78 is 0. The van der Waals surface area contributed by atoms with Crippen molar-refractivity contribution in [2.75, 3.05) is 17.6 Å². The van der Waals surface area contributed by atoms with Crippen molar-refractivity contribution in [3.63, 3.8) is 0 Å². The average molecular weight is 489 g/mol. The fraction of sp³-hybridized carbons (Fsp3) is 0.345. The molecule has 2 bridgehead atoms.